The van der Waals surface area contributed by atoms with E-state index in [4.69, 9.17) is 9.47 Å². The zero-order valence-electron chi connectivity index (χ0n) is 18.9. The average Bonchev–Trinajstić information content (AvgIpc) is 3.23. The van der Waals surface area contributed by atoms with E-state index in [1.165, 1.54) is 0 Å². The largest absolute Gasteiger partial charge is 0.465 e. The van der Waals surface area contributed by atoms with Gasteiger partial charge in [0.25, 0.3) is 5.91 Å². The van der Waals surface area contributed by atoms with Crippen LogP contribution in [0.3, 0.4) is 0 Å². The highest BCUT2D eigenvalue weighted by molar-refractivity contribution is 6.03. The Hall–Kier alpha value is -3.15. The number of benzene rings is 2. The van der Waals surface area contributed by atoms with Crippen LogP contribution in [-0.4, -0.2) is 31.1 Å². The molecule has 0 saturated heterocycles. The van der Waals surface area contributed by atoms with Gasteiger partial charge in [0.15, 0.2) is 0 Å². The van der Waals surface area contributed by atoms with Crippen LogP contribution in [0.1, 0.15) is 60.7 Å². The first-order chi connectivity index (χ1) is 15.3. The van der Waals surface area contributed by atoms with Crippen molar-refractivity contribution in [1.82, 2.24) is 5.32 Å². The maximum atomic E-state index is 13.6. The van der Waals surface area contributed by atoms with E-state index in [-0.39, 0.29) is 31.0 Å². The van der Waals surface area contributed by atoms with Crippen molar-refractivity contribution < 1.29 is 23.9 Å². The lowest BCUT2D eigenvalue weighted by Crippen LogP contribution is -2.49. The zero-order chi connectivity index (χ0) is 23.0. The van der Waals surface area contributed by atoms with Crippen LogP contribution in [0.15, 0.2) is 48.5 Å². The third kappa shape index (κ3) is 3.48. The van der Waals surface area contributed by atoms with Gasteiger partial charge < -0.3 is 14.8 Å². The second kappa shape index (κ2) is 8.41. The van der Waals surface area contributed by atoms with Crippen LogP contribution >= 0.6 is 0 Å². The van der Waals surface area contributed by atoms with Crippen LogP contribution < -0.4 is 5.32 Å². The average molecular weight is 436 g/mol. The van der Waals surface area contributed by atoms with Crippen LogP contribution in [0.5, 0.6) is 0 Å². The summed E-state index contributed by atoms with van der Waals surface area (Å²) < 4.78 is 11.3. The van der Waals surface area contributed by atoms with Crippen LogP contribution in [0.25, 0.3) is 0 Å². The summed E-state index contributed by atoms with van der Waals surface area (Å²) in [5.41, 5.74) is 1.42. The first-order valence-electron chi connectivity index (χ1n) is 11.1. The Bertz CT molecular complexity index is 1060. The topological polar surface area (TPSA) is 81.7 Å². The van der Waals surface area contributed by atoms with Crippen molar-refractivity contribution in [2.75, 3.05) is 13.2 Å². The zero-order valence-corrected chi connectivity index (χ0v) is 18.9. The fourth-order valence-corrected chi connectivity index (χ4v) is 4.77. The third-order valence-electron chi connectivity index (χ3n) is 6.05. The summed E-state index contributed by atoms with van der Waals surface area (Å²) in [7, 11) is 0. The number of hydrogen-bond donors (Lipinski definition) is 1. The van der Waals surface area contributed by atoms with Gasteiger partial charge in [0.2, 0.25) is 0 Å². The Morgan fingerprint density at radius 1 is 0.875 bits per heavy atom. The number of carbonyl (C=O) groups excluding carboxylic acids is 3. The summed E-state index contributed by atoms with van der Waals surface area (Å²) in [5, 5.41) is 3.07. The van der Waals surface area contributed by atoms with Crippen molar-refractivity contribution in [2.24, 2.45) is 17.8 Å². The van der Waals surface area contributed by atoms with Gasteiger partial charge in [-0.05, 0) is 34.6 Å². The minimum atomic E-state index is -1.18. The highest BCUT2D eigenvalue weighted by atomic mass is 16.5. The van der Waals surface area contributed by atoms with E-state index in [0.29, 0.717) is 16.7 Å². The molecule has 1 N–H and O–H groups in total. The van der Waals surface area contributed by atoms with Gasteiger partial charge in [-0.15, -0.1) is 0 Å². The van der Waals surface area contributed by atoms with Crippen molar-refractivity contribution in [2.45, 2.75) is 39.2 Å². The molecule has 0 fully saturated rings. The molecule has 2 aliphatic rings. The number of ether oxygens (including phenoxy) is 2. The van der Waals surface area contributed by atoms with Crippen molar-refractivity contribution in [1.29, 1.82) is 0 Å². The summed E-state index contributed by atoms with van der Waals surface area (Å²) in [6.07, 6.45) is 0. The molecule has 6 nitrogen and oxygen atoms in total. The van der Waals surface area contributed by atoms with Crippen molar-refractivity contribution in [3.63, 3.8) is 0 Å². The quantitative estimate of drug-likeness (QED) is 0.699. The molecule has 0 aromatic heterocycles. The molecule has 3 atom stereocenters. The molecular weight excluding hydrogens is 406 g/mol. The van der Waals surface area contributed by atoms with E-state index < -0.39 is 29.3 Å². The van der Waals surface area contributed by atoms with Gasteiger partial charge in [0, 0.05) is 5.56 Å². The normalized spacial score (nSPS) is 23.2. The number of fused-ring (bicyclic) bond motifs is 4. The van der Waals surface area contributed by atoms with Crippen LogP contribution in [0.2, 0.25) is 0 Å². The smallest absolute Gasteiger partial charge is 0.314 e. The molecule has 2 aromatic carbocycles. The number of hydrogen-bond acceptors (Lipinski definition) is 5. The molecule has 1 aliphatic heterocycles. The molecule has 6 heteroatoms. The third-order valence-corrected chi connectivity index (χ3v) is 6.05. The van der Waals surface area contributed by atoms with Gasteiger partial charge in [0.05, 0.1) is 19.1 Å². The first-order valence-corrected chi connectivity index (χ1v) is 11.1. The van der Waals surface area contributed by atoms with E-state index >= 15 is 0 Å². The van der Waals surface area contributed by atoms with E-state index in [9.17, 15) is 14.4 Å². The lowest BCUT2D eigenvalue weighted by molar-refractivity contribution is -0.160. The fraction of sp³-hybridized carbons (Fsp3) is 0.423. The van der Waals surface area contributed by atoms with Crippen LogP contribution in [0, 0.1) is 17.8 Å². The Morgan fingerprint density at radius 2 is 1.44 bits per heavy atom. The SMILES string of the molecule is CC(C)COC(=O)C1c2ccccc2C2(NC(=O)c3ccccc32)C1C(=O)OCC(C)C. The highest BCUT2D eigenvalue weighted by Crippen LogP contribution is 2.56. The number of esters is 2. The summed E-state index contributed by atoms with van der Waals surface area (Å²) in [5.74, 6) is -2.82. The van der Waals surface area contributed by atoms with Crippen LogP contribution in [0.4, 0.5) is 0 Å². The highest BCUT2D eigenvalue weighted by Gasteiger charge is 2.63. The van der Waals surface area contributed by atoms with Gasteiger partial charge in [-0.2, -0.15) is 0 Å². The van der Waals surface area contributed by atoms with E-state index in [1.807, 2.05) is 64.1 Å². The molecule has 4 rings (SSSR count). The van der Waals surface area contributed by atoms with Crippen molar-refractivity contribution in [3.8, 4) is 0 Å². The van der Waals surface area contributed by atoms with Gasteiger partial charge in [-0.1, -0.05) is 70.2 Å². The minimum absolute atomic E-state index is 0.135. The van der Waals surface area contributed by atoms with Crippen molar-refractivity contribution >= 4 is 17.8 Å². The number of nitrogens with one attached hydrogen (secondary N) is 1. The maximum absolute atomic E-state index is 13.6. The molecule has 0 bridgehead atoms. The van der Waals surface area contributed by atoms with E-state index in [0.717, 1.165) is 5.56 Å². The monoisotopic (exact) mass is 435 g/mol. The van der Waals surface area contributed by atoms with Gasteiger partial charge in [-0.25, -0.2) is 0 Å². The molecule has 0 radical (unpaired) electrons. The van der Waals surface area contributed by atoms with Gasteiger partial charge >= 0.3 is 11.9 Å². The van der Waals surface area contributed by atoms with Gasteiger partial charge in [-0.3, -0.25) is 14.4 Å². The molecule has 0 saturated carbocycles. The summed E-state index contributed by atoms with van der Waals surface area (Å²) >= 11 is 0. The number of rotatable bonds is 6. The summed E-state index contributed by atoms with van der Waals surface area (Å²) in [4.78, 5) is 39.9. The minimum Gasteiger partial charge on any atom is -0.465 e. The van der Waals surface area contributed by atoms with Crippen LogP contribution in [-0.2, 0) is 24.6 Å². The van der Waals surface area contributed by atoms with E-state index in [2.05, 4.69) is 5.32 Å². The molecular formula is C26H29NO5. The number of amides is 1. The molecule has 32 heavy (non-hydrogen) atoms. The lowest BCUT2D eigenvalue weighted by Gasteiger charge is -2.34. The molecule has 1 amide bonds. The predicted molar refractivity (Wildman–Crippen MR) is 119 cm³/mol. The standard InChI is InChI=1S/C26H29NO5/c1-15(2)13-31-24(29)21-17-9-5-7-11-19(17)26(22(21)25(30)32-14-16(3)4)20-12-8-6-10-18(20)23(28)27-26/h5-12,15-16,21-22H,13-14H2,1-4H3,(H,27,28). The second-order valence-electron chi connectivity index (χ2n) is 9.40. The fourth-order valence-electron chi connectivity index (χ4n) is 4.77. The van der Waals surface area contributed by atoms with Gasteiger partial charge in [0.1, 0.15) is 11.5 Å². The molecule has 1 heterocycles. The maximum Gasteiger partial charge on any atom is 0.314 e. The van der Waals surface area contributed by atoms with Crippen molar-refractivity contribution in [3.05, 3.63) is 70.8 Å². The predicted octanol–water partition coefficient (Wildman–Crippen LogP) is 3.79. The Kier molecular flexibility index (Phi) is 5.80. The summed E-state index contributed by atoms with van der Waals surface area (Å²) in [6, 6.07) is 14.6. The molecule has 168 valence electrons. The van der Waals surface area contributed by atoms with E-state index in [1.54, 1.807) is 12.1 Å². The second-order valence-corrected chi connectivity index (χ2v) is 9.40. The Morgan fingerprint density at radius 3 is 2.09 bits per heavy atom. The molecule has 1 aliphatic carbocycles. The first kappa shape index (κ1) is 22.1. The molecule has 2 aromatic rings. The summed E-state index contributed by atoms with van der Waals surface area (Å²) in [6.45, 7) is 8.30. The number of carbonyl (C=O) groups is 3. The molecule has 1 spiro atoms. The lowest BCUT2D eigenvalue weighted by atomic mass is 9.76. The Balaban J connectivity index is 1.89. The Labute approximate surface area is 188 Å². The molecule has 3 unspecified atom stereocenters.